The molecule has 1 N–H and O–H groups in total. The zero-order valence-electron chi connectivity index (χ0n) is 18.2. The van der Waals surface area contributed by atoms with E-state index in [4.69, 9.17) is 9.47 Å². The number of guanidine groups is 1. The predicted octanol–water partition coefficient (Wildman–Crippen LogP) is 3.70. The molecule has 1 fully saturated rings. The van der Waals surface area contributed by atoms with Crippen molar-refractivity contribution in [1.82, 2.24) is 10.2 Å². The van der Waals surface area contributed by atoms with Crippen molar-refractivity contribution >= 4 is 29.9 Å². The Bertz CT molecular complexity index is 584. The fraction of sp³-hybridized carbons (Fsp3) is 0.682. The van der Waals surface area contributed by atoms with Crippen LogP contribution in [0.15, 0.2) is 29.3 Å². The third kappa shape index (κ3) is 8.25. The maximum Gasteiger partial charge on any atom is 0.193 e. The van der Waals surface area contributed by atoms with Crippen molar-refractivity contribution in [1.29, 1.82) is 0 Å². The number of benzene rings is 1. The first kappa shape index (κ1) is 25.2. The van der Waals surface area contributed by atoms with Gasteiger partial charge in [0.1, 0.15) is 0 Å². The molecule has 1 aliphatic rings. The van der Waals surface area contributed by atoms with Gasteiger partial charge in [-0.15, -0.1) is 24.0 Å². The molecular weight excluding hydrogens is 465 g/mol. The molecule has 0 aromatic heterocycles. The lowest BCUT2D eigenvalue weighted by molar-refractivity contribution is 0.0536. The molecule has 0 spiro atoms. The molecule has 1 aromatic carbocycles. The van der Waals surface area contributed by atoms with Gasteiger partial charge in [-0.05, 0) is 29.4 Å². The summed E-state index contributed by atoms with van der Waals surface area (Å²) in [6.07, 6.45) is 2.16. The summed E-state index contributed by atoms with van der Waals surface area (Å²) in [5, 5.41) is 3.52. The highest BCUT2D eigenvalue weighted by molar-refractivity contribution is 14.0. The first-order valence-corrected chi connectivity index (χ1v) is 10.1. The Morgan fingerprint density at radius 3 is 2.54 bits per heavy atom. The maximum atomic E-state index is 5.68. The van der Waals surface area contributed by atoms with Gasteiger partial charge in [0, 0.05) is 39.7 Å². The minimum atomic E-state index is 0. The summed E-state index contributed by atoms with van der Waals surface area (Å²) in [6.45, 7) is 11.8. The van der Waals surface area contributed by atoms with Crippen LogP contribution < -0.4 is 5.32 Å². The van der Waals surface area contributed by atoms with Crippen LogP contribution in [-0.4, -0.2) is 64.5 Å². The van der Waals surface area contributed by atoms with Gasteiger partial charge in [-0.25, -0.2) is 0 Å². The van der Waals surface area contributed by atoms with E-state index in [1.54, 1.807) is 7.11 Å². The first-order chi connectivity index (χ1) is 12.9. The van der Waals surface area contributed by atoms with Crippen molar-refractivity contribution in [3.05, 3.63) is 35.4 Å². The van der Waals surface area contributed by atoms with Gasteiger partial charge < -0.3 is 19.7 Å². The van der Waals surface area contributed by atoms with Crippen molar-refractivity contribution in [3.8, 4) is 0 Å². The van der Waals surface area contributed by atoms with Crippen LogP contribution in [0.4, 0.5) is 0 Å². The number of ether oxygens (including phenoxy) is 2. The van der Waals surface area contributed by atoms with Gasteiger partial charge >= 0.3 is 0 Å². The molecule has 28 heavy (non-hydrogen) atoms. The van der Waals surface area contributed by atoms with E-state index in [1.807, 2.05) is 7.05 Å². The van der Waals surface area contributed by atoms with Crippen LogP contribution in [0.2, 0.25) is 0 Å². The summed E-state index contributed by atoms with van der Waals surface area (Å²) in [5.41, 5.74) is 2.95. The molecular formula is C22H38IN3O2. The number of nitrogens with one attached hydrogen (secondary N) is 1. The van der Waals surface area contributed by atoms with Crippen LogP contribution >= 0.6 is 24.0 Å². The first-order valence-electron chi connectivity index (χ1n) is 10.1. The molecule has 1 saturated heterocycles. The highest BCUT2D eigenvalue weighted by atomic mass is 127. The van der Waals surface area contributed by atoms with Crippen molar-refractivity contribution in [3.63, 3.8) is 0 Å². The second-order valence-electron chi connectivity index (χ2n) is 8.34. The summed E-state index contributed by atoms with van der Waals surface area (Å²) in [4.78, 5) is 6.80. The second kappa shape index (κ2) is 12.6. The quantitative estimate of drug-likeness (QED) is 0.254. The van der Waals surface area contributed by atoms with Gasteiger partial charge in [0.25, 0.3) is 0 Å². The molecule has 0 saturated carbocycles. The molecule has 1 unspecified atom stereocenters. The Hall–Kier alpha value is -0.860. The molecule has 0 radical (unpaired) electrons. The Labute approximate surface area is 188 Å². The number of aliphatic imine (C=N–C) groups is 1. The van der Waals surface area contributed by atoms with E-state index >= 15 is 0 Å². The maximum absolute atomic E-state index is 5.68. The minimum absolute atomic E-state index is 0. The van der Waals surface area contributed by atoms with Crippen molar-refractivity contribution in [2.24, 2.45) is 10.9 Å². The van der Waals surface area contributed by atoms with Crippen LogP contribution in [0.1, 0.15) is 38.3 Å². The average molecular weight is 503 g/mol. The molecule has 5 nitrogen and oxygen atoms in total. The Morgan fingerprint density at radius 2 is 1.93 bits per heavy atom. The number of hydrogen-bond acceptors (Lipinski definition) is 3. The summed E-state index contributed by atoms with van der Waals surface area (Å²) in [6, 6.07) is 8.99. The summed E-state index contributed by atoms with van der Waals surface area (Å²) in [5.74, 6) is 1.58. The van der Waals surface area contributed by atoms with Crippen molar-refractivity contribution in [2.45, 2.75) is 39.0 Å². The molecule has 2 rings (SSSR count). The third-order valence-electron chi connectivity index (χ3n) is 5.10. The Kier molecular flexibility index (Phi) is 11.4. The van der Waals surface area contributed by atoms with Gasteiger partial charge in [-0.1, -0.05) is 45.0 Å². The van der Waals surface area contributed by atoms with E-state index in [2.05, 4.69) is 60.2 Å². The summed E-state index contributed by atoms with van der Waals surface area (Å²) >= 11 is 0. The predicted molar refractivity (Wildman–Crippen MR) is 128 cm³/mol. The van der Waals surface area contributed by atoms with E-state index in [-0.39, 0.29) is 29.4 Å². The monoisotopic (exact) mass is 503 g/mol. The molecule has 1 aromatic rings. The molecule has 160 valence electrons. The van der Waals surface area contributed by atoms with Crippen LogP contribution in [0.5, 0.6) is 0 Å². The van der Waals surface area contributed by atoms with E-state index in [0.29, 0.717) is 19.1 Å². The average Bonchev–Trinajstić information content (AvgIpc) is 3.11. The largest absolute Gasteiger partial charge is 0.382 e. The van der Waals surface area contributed by atoms with Gasteiger partial charge in [0.2, 0.25) is 0 Å². The number of rotatable bonds is 8. The zero-order chi connectivity index (χ0) is 19.7. The number of hydrogen-bond donors (Lipinski definition) is 1. The highest BCUT2D eigenvalue weighted by Crippen LogP contribution is 2.22. The number of halogens is 1. The number of nitrogens with zero attached hydrogens (tertiary/aromatic N) is 2. The Morgan fingerprint density at radius 1 is 1.21 bits per heavy atom. The molecule has 0 amide bonds. The van der Waals surface area contributed by atoms with Crippen LogP contribution in [0.25, 0.3) is 0 Å². The normalized spacial score (nSPS) is 17.5. The van der Waals surface area contributed by atoms with Crippen LogP contribution in [0, 0.1) is 5.92 Å². The molecule has 1 aliphatic heterocycles. The van der Waals surface area contributed by atoms with E-state index < -0.39 is 0 Å². The van der Waals surface area contributed by atoms with Crippen LogP contribution in [0.3, 0.4) is 0 Å². The number of likely N-dealkylation sites (tertiary alicyclic amines) is 1. The third-order valence-corrected chi connectivity index (χ3v) is 5.10. The lowest BCUT2D eigenvalue weighted by atomic mass is 9.86. The number of methoxy groups -OCH3 is 1. The zero-order valence-corrected chi connectivity index (χ0v) is 20.5. The fourth-order valence-corrected chi connectivity index (χ4v) is 3.38. The van der Waals surface area contributed by atoms with Gasteiger partial charge in [-0.2, -0.15) is 0 Å². The second-order valence-corrected chi connectivity index (χ2v) is 8.34. The molecule has 0 aliphatic carbocycles. The summed E-state index contributed by atoms with van der Waals surface area (Å²) < 4.78 is 10.7. The lowest BCUT2D eigenvalue weighted by Crippen LogP contribution is -2.41. The molecule has 1 atom stereocenters. The van der Waals surface area contributed by atoms with Gasteiger partial charge in [0.05, 0.1) is 19.8 Å². The standard InChI is InChI=1S/C22H37N3O2.HI/c1-22(2,3)20-8-6-18(7-9-20)10-12-24-21(23-4)25-13-11-19(16-25)17-27-15-14-26-5;/h6-9,19H,10-17H2,1-5H3,(H,23,24);1H. The van der Waals surface area contributed by atoms with E-state index in [9.17, 15) is 0 Å². The van der Waals surface area contributed by atoms with E-state index in [0.717, 1.165) is 45.0 Å². The van der Waals surface area contributed by atoms with Crippen molar-refractivity contribution in [2.75, 3.05) is 53.6 Å². The minimum Gasteiger partial charge on any atom is -0.382 e. The van der Waals surface area contributed by atoms with E-state index in [1.165, 1.54) is 11.1 Å². The lowest BCUT2D eigenvalue weighted by Gasteiger charge is -2.22. The Balaban J connectivity index is 0.00000392. The molecule has 1 heterocycles. The highest BCUT2D eigenvalue weighted by Gasteiger charge is 2.24. The topological polar surface area (TPSA) is 46.1 Å². The van der Waals surface area contributed by atoms with Gasteiger partial charge in [-0.3, -0.25) is 4.99 Å². The molecule has 6 heteroatoms. The molecule has 0 bridgehead atoms. The summed E-state index contributed by atoms with van der Waals surface area (Å²) in [7, 11) is 3.57. The van der Waals surface area contributed by atoms with Gasteiger partial charge in [0.15, 0.2) is 5.96 Å². The van der Waals surface area contributed by atoms with Crippen molar-refractivity contribution < 1.29 is 9.47 Å². The smallest absolute Gasteiger partial charge is 0.193 e. The SMILES string of the molecule is CN=C(NCCc1ccc(C(C)(C)C)cc1)N1CCC(COCCOC)C1.I. The van der Waals surface area contributed by atoms with Crippen LogP contribution in [-0.2, 0) is 21.3 Å². The fourth-order valence-electron chi connectivity index (χ4n) is 3.38.